The van der Waals surface area contributed by atoms with E-state index in [0.717, 1.165) is 22.4 Å². The molecule has 3 rings (SSSR count). The molecule has 7 nitrogen and oxygen atoms in total. The van der Waals surface area contributed by atoms with Crippen molar-refractivity contribution in [2.75, 3.05) is 18.2 Å². The van der Waals surface area contributed by atoms with Crippen LogP contribution >= 0.6 is 23.4 Å². The van der Waals surface area contributed by atoms with Gasteiger partial charge in [-0.3, -0.25) is 9.36 Å². The SMILES string of the molecule is COC(=O)c1cc(NC(=O)CSc2nncn2-c2ccc(C)c(Cl)c2)cc(C)c1C. The first kappa shape index (κ1) is 21.9. The number of anilines is 1. The highest BCUT2D eigenvalue weighted by molar-refractivity contribution is 7.99. The zero-order chi connectivity index (χ0) is 21.8. The van der Waals surface area contributed by atoms with Crippen LogP contribution in [0.5, 0.6) is 0 Å². The lowest BCUT2D eigenvalue weighted by Gasteiger charge is -2.12. The smallest absolute Gasteiger partial charge is 0.338 e. The number of benzene rings is 2. The van der Waals surface area contributed by atoms with Gasteiger partial charge in [-0.25, -0.2) is 4.79 Å². The Morgan fingerprint density at radius 3 is 2.63 bits per heavy atom. The second-order valence-corrected chi connectivity index (χ2v) is 8.06. The van der Waals surface area contributed by atoms with E-state index in [4.69, 9.17) is 16.3 Å². The van der Waals surface area contributed by atoms with Crippen molar-refractivity contribution in [3.8, 4) is 5.69 Å². The number of ether oxygens (including phenoxy) is 1. The average Bonchev–Trinajstić information content (AvgIpc) is 3.19. The van der Waals surface area contributed by atoms with Crippen LogP contribution in [0, 0.1) is 20.8 Å². The lowest BCUT2D eigenvalue weighted by Crippen LogP contribution is -2.16. The molecule has 30 heavy (non-hydrogen) atoms. The molecule has 0 fully saturated rings. The van der Waals surface area contributed by atoms with E-state index in [1.54, 1.807) is 17.0 Å². The summed E-state index contributed by atoms with van der Waals surface area (Å²) in [6, 6.07) is 9.10. The van der Waals surface area contributed by atoms with E-state index in [1.165, 1.54) is 18.9 Å². The summed E-state index contributed by atoms with van der Waals surface area (Å²) >= 11 is 7.46. The fourth-order valence-corrected chi connectivity index (χ4v) is 3.72. The molecule has 0 spiro atoms. The number of hydrogen-bond acceptors (Lipinski definition) is 6. The molecule has 1 heterocycles. The van der Waals surface area contributed by atoms with Crippen LogP contribution < -0.4 is 5.32 Å². The van der Waals surface area contributed by atoms with Gasteiger partial charge in [0.05, 0.1) is 24.1 Å². The second kappa shape index (κ2) is 9.32. The van der Waals surface area contributed by atoms with Crippen LogP contribution in [-0.2, 0) is 9.53 Å². The van der Waals surface area contributed by atoms with Crippen molar-refractivity contribution >= 4 is 40.9 Å². The second-order valence-electron chi connectivity index (χ2n) is 6.71. The highest BCUT2D eigenvalue weighted by Gasteiger charge is 2.15. The van der Waals surface area contributed by atoms with Crippen LogP contribution in [0.2, 0.25) is 5.02 Å². The number of hydrogen-bond donors (Lipinski definition) is 1. The first-order chi connectivity index (χ1) is 14.3. The molecule has 0 aliphatic heterocycles. The number of carbonyl (C=O) groups excluding carboxylic acids is 2. The van der Waals surface area contributed by atoms with Crippen LogP contribution in [0.15, 0.2) is 41.8 Å². The largest absolute Gasteiger partial charge is 0.465 e. The minimum absolute atomic E-state index is 0.124. The molecular weight excluding hydrogens is 424 g/mol. The first-order valence-electron chi connectivity index (χ1n) is 9.09. The van der Waals surface area contributed by atoms with Crippen LogP contribution in [0.1, 0.15) is 27.0 Å². The maximum absolute atomic E-state index is 12.5. The Hall–Kier alpha value is -2.84. The summed E-state index contributed by atoms with van der Waals surface area (Å²) in [5.74, 6) is -0.542. The van der Waals surface area contributed by atoms with Crippen molar-refractivity contribution in [3.05, 3.63) is 63.9 Å². The third-order valence-electron chi connectivity index (χ3n) is 4.64. The molecule has 1 aromatic heterocycles. The summed E-state index contributed by atoms with van der Waals surface area (Å²) < 4.78 is 6.59. The summed E-state index contributed by atoms with van der Waals surface area (Å²) in [6.45, 7) is 5.64. The molecule has 9 heteroatoms. The fourth-order valence-electron chi connectivity index (χ4n) is 2.81. The molecule has 156 valence electrons. The zero-order valence-corrected chi connectivity index (χ0v) is 18.6. The van der Waals surface area contributed by atoms with Crippen molar-refractivity contribution in [1.82, 2.24) is 14.8 Å². The van der Waals surface area contributed by atoms with E-state index in [-0.39, 0.29) is 11.7 Å². The molecule has 0 saturated carbocycles. The minimum atomic E-state index is -0.439. The molecule has 3 aromatic rings. The predicted octanol–water partition coefficient (Wildman–Crippen LogP) is 4.36. The lowest BCUT2D eigenvalue weighted by atomic mass is 10.0. The summed E-state index contributed by atoms with van der Waals surface area (Å²) in [5.41, 5.74) is 4.46. The topological polar surface area (TPSA) is 86.1 Å². The van der Waals surface area contributed by atoms with Gasteiger partial charge in [0.15, 0.2) is 5.16 Å². The summed E-state index contributed by atoms with van der Waals surface area (Å²) in [6.07, 6.45) is 1.58. The molecule has 0 unspecified atom stereocenters. The molecular formula is C21H21ClN4O3S. The van der Waals surface area contributed by atoms with E-state index in [2.05, 4.69) is 15.5 Å². The van der Waals surface area contributed by atoms with E-state index < -0.39 is 5.97 Å². The van der Waals surface area contributed by atoms with Gasteiger partial charge >= 0.3 is 5.97 Å². The highest BCUT2D eigenvalue weighted by Crippen LogP contribution is 2.25. The number of rotatable bonds is 6. The maximum atomic E-state index is 12.5. The van der Waals surface area contributed by atoms with Crippen molar-refractivity contribution in [2.24, 2.45) is 0 Å². The number of carbonyl (C=O) groups is 2. The number of halogens is 1. The Morgan fingerprint density at radius 2 is 1.93 bits per heavy atom. The number of amides is 1. The van der Waals surface area contributed by atoms with Crippen molar-refractivity contribution < 1.29 is 14.3 Å². The fraction of sp³-hybridized carbons (Fsp3) is 0.238. The van der Waals surface area contributed by atoms with Gasteiger partial charge in [-0.2, -0.15) is 0 Å². The zero-order valence-electron chi connectivity index (χ0n) is 17.0. The van der Waals surface area contributed by atoms with Gasteiger partial charge in [0.25, 0.3) is 0 Å². The third-order valence-corrected chi connectivity index (χ3v) is 5.99. The lowest BCUT2D eigenvalue weighted by molar-refractivity contribution is -0.113. The van der Waals surface area contributed by atoms with Gasteiger partial charge in [-0.05, 0) is 61.7 Å². The Kier molecular flexibility index (Phi) is 6.79. The molecule has 0 bridgehead atoms. The first-order valence-corrected chi connectivity index (χ1v) is 10.4. The van der Waals surface area contributed by atoms with E-state index in [0.29, 0.717) is 21.4 Å². The van der Waals surface area contributed by atoms with E-state index in [9.17, 15) is 9.59 Å². The van der Waals surface area contributed by atoms with Crippen LogP contribution in [0.25, 0.3) is 5.69 Å². The van der Waals surface area contributed by atoms with Crippen LogP contribution in [0.3, 0.4) is 0 Å². The molecule has 1 amide bonds. The van der Waals surface area contributed by atoms with E-state index >= 15 is 0 Å². The maximum Gasteiger partial charge on any atom is 0.338 e. The molecule has 1 N–H and O–H groups in total. The van der Waals surface area contributed by atoms with Gasteiger partial charge in [-0.15, -0.1) is 10.2 Å². The van der Waals surface area contributed by atoms with Crippen molar-refractivity contribution in [3.63, 3.8) is 0 Å². The molecule has 0 aliphatic rings. The number of methoxy groups -OCH3 is 1. The monoisotopic (exact) mass is 444 g/mol. The van der Waals surface area contributed by atoms with Crippen molar-refractivity contribution in [2.45, 2.75) is 25.9 Å². The number of nitrogens with zero attached hydrogens (tertiary/aromatic N) is 3. The van der Waals surface area contributed by atoms with Gasteiger partial charge < -0.3 is 10.1 Å². The van der Waals surface area contributed by atoms with Gasteiger partial charge in [-0.1, -0.05) is 29.4 Å². The van der Waals surface area contributed by atoms with Gasteiger partial charge in [0.1, 0.15) is 6.33 Å². The third kappa shape index (κ3) is 4.83. The quantitative estimate of drug-likeness (QED) is 0.449. The standard InChI is InChI=1S/C21H21ClN4O3S/c1-12-5-6-16(9-18(12)22)26-11-23-25-21(26)30-10-19(27)24-15-7-13(2)14(3)17(8-15)20(28)29-4/h5-9,11H,10H2,1-4H3,(H,24,27). The molecule has 0 atom stereocenters. The van der Waals surface area contributed by atoms with Crippen molar-refractivity contribution in [1.29, 1.82) is 0 Å². The number of aryl methyl sites for hydroxylation is 2. The van der Waals surface area contributed by atoms with Gasteiger partial charge in [0.2, 0.25) is 5.91 Å². The van der Waals surface area contributed by atoms with Crippen LogP contribution in [0.4, 0.5) is 5.69 Å². The number of aromatic nitrogens is 3. The summed E-state index contributed by atoms with van der Waals surface area (Å²) in [7, 11) is 1.33. The Labute approximate surface area is 183 Å². The number of esters is 1. The van der Waals surface area contributed by atoms with Gasteiger partial charge in [0, 0.05) is 10.7 Å². The number of nitrogens with one attached hydrogen (secondary N) is 1. The highest BCUT2D eigenvalue weighted by atomic mass is 35.5. The summed E-state index contributed by atoms with van der Waals surface area (Å²) in [4.78, 5) is 24.4. The molecule has 0 saturated heterocycles. The normalized spacial score (nSPS) is 10.7. The molecule has 0 radical (unpaired) electrons. The van der Waals surface area contributed by atoms with E-state index in [1.807, 2.05) is 45.0 Å². The Morgan fingerprint density at radius 1 is 1.17 bits per heavy atom. The van der Waals surface area contributed by atoms with Crippen LogP contribution in [-0.4, -0.2) is 39.5 Å². The summed E-state index contributed by atoms with van der Waals surface area (Å²) in [5, 5.41) is 12.1. The number of thioether (sulfide) groups is 1. The Bertz CT molecular complexity index is 1110. The average molecular weight is 445 g/mol. The predicted molar refractivity (Wildman–Crippen MR) is 118 cm³/mol. The Balaban J connectivity index is 1.71. The molecule has 2 aromatic carbocycles. The molecule has 0 aliphatic carbocycles. The minimum Gasteiger partial charge on any atom is -0.465 e.